The molecule has 2 N–H and O–H groups in total. The van der Waals surface area contributed by atoms with Crippen molar-refractivity contribution in [1.82, 2.24) is 5.32 Å². The van der Waals surface area contributed by atoms with Gasteiger partial charge in [-0.1, -0.05) is 24.3 Å². The summed E-state index contributed by atoms with van der Waals surface area (Å²) in [7, 11) is 1.69. The van der Waals surface area contributed by atoms with Crippen LogP contribution in [0.15, 0.2) is 41.8 Å². The quantitative estimate of drug-likeness (QED) is 0.825. The first-order valence-corrected chi connectivity index (χ1v) is 8.02. The van der Waals surface area contributed by atoms with E-state index >= 15 is 0 Å². The molecule has 1 heterocycles. The molecule has 2 rings (SSSR count). The van der Waals surface area contributed by atoms with Crippen LogP contribution in [0.5, 0.6) is 5.75 Å². The summed E-state index contributed by atoms with van der Waals surface area (Å²) in [4.78, 5) is 0.986. The smallest absolute Gasteiger partial charge is 0.122 e. The predicted molar refractivity (Wildman–Crippen MR) is 88.1 cm³/mol. The molecule has 0 aliphatic carbocycles. The number of rotatable bonds is 7. The number of aliphatic hydroxyl groups is 1. The van der Waals surface area contributed by atoms with Gasteiger partial charge in [-0.05, 0) is 43.3 Å². The fourth-order valence-corrected chi connectivity index (χ4v) is 3.11. The van der Waals surface area contributed by atoms with Crippen molar-refractivity contribution in [3.63, 3.8) is 0 Å². The van der Waals surface area contributed by atoms with Gasteiger partial charge in [0.2, 0.25) is 0 Å². The van der Waals surface area contributed by atoms with Crippen LogP contribution >= 0.6 is 11.3 Å². The zero-order chi connectivity index (χ0) is 15.3. The van der Waals surface area contributed by atoms with E-state index < -0.39 is 5.60 Å². The minimum Gasteiger partial charge on any atom is -0.496 e. The van der Waals surface area contributed by atoms with Gasteiger partial charge < -0.3 is 15.2 Å². The minimum atomic E-state index is -0.830. The van der Waals surface area contributed by atoms with Crippen molar-refractivity contribution in [3.05, 3.63) is 52.2 Å². The van der Waals surface area contributed by atoms with E-state index in [0.717, 1.165) is 17.0 Å². The number of ether oxygens (including phenoxy) is 1. The largest absolute Gasteiger partial charge is 0.496 e. The highest BCUT2D eigenvalue weighted by atomic mass is 32.1. The second-order valence-electron chi connectivity index (χ2n) is 5.55. The lowest BCUT2D eigenvalue weighted by Gasteiger charge is -2.25. The zero-order valence-corrected chi connectivity index (χ0v) is 13.6. The number of thiophene rings is 1. The molecule has 2 atom stereocenters. The van der Waals surface area contributed by atoms with Crippen molar-refractivity contribution in [3.8, 4) is 5.75 Å². The first kappa shape index (κ1) is 16.0. The molecule has 21 heavy (non-hydrogen) atoms. The highest BCUT2D eigenvalue weighted by Gasteiger charge is 2.24. The molecule has 0 aliphatic rings. The third-order valence-electron chi connectivity index (χ3n) is 3.57. The van der Waals surface area contributed by atoms with Crippen molar-refractivity contribution in [1.29, 1.82) is 0 Å². The van der Waals surface area contributed by atoms with Crippen LogP contribution in [-0.4, -0.2) is 24.8 Å². The van der Waals surface area contributed by atoms with Crippen molar-refractivity contribution in [2.75, 3.05) is 13.7 Å². The molecule has 0 aliphatic heterocycles. The van der Waals surface area contributed by atoms with Crippen LogP contribution in [0.3, 0.4) is 0 Å². The van der Waals surface area contributed by atoms with E-state index in [0.29, 0.717) is 6.54 Å². The number of hydrogen-bond donors (Lipinski definition) is 2. The summed E-state index contributed by atoms with van der Waals surface area (Å²) in [5.74, 6) is 0.913. The number of methoxy groups -OCH3 is 1. The van der Waals surface area contributed by atoms with E-state index in [4.69, 9.17) is 4.74 Å². The van der Waals surface area contributed by atoms with E-state index in [-0.39, 0.29) is 6.04 Å². The summed E-state index contributed by atoms with van der Waals surface area (Å²) in [6, 6.07) is 12.2. The van der Waals surface area contributed by atoms with Gasteiger partial charge in [0.25, 0.3) is 0 Å². The van der Waals surface area contributed by atoms with Gasteiger partial charge in [-0.15, -0.1) is 11.3 Å². The first-order valence-electron chi connectivity index (χ1n) is 7.14. The van der Waals surface area contributed by atoms with Gasteiger partial charge in [-0.3, -0.25) is 0 Å². The highest BCUT2D eigenvalue weighted by molar-refractivity contribution is 7.10. The predicted octanol–water partition coefficient (Wildman–Crippen LogP) is 3.19. The topological polar surface area (TPSA) is 41.5 Å². The van der Waals surface area contributed by atoms with Crippen LogP contribution < -0.4 is 10.1 Å². The van der Waals surface area contributed by atoms with Crippen molar-refractivity contribution < 1.29 is 9.84 Å². The van der Waals surface area contributed by atoms with Crippen LogP contribution in [0.25, 0.3) is 0 Å². The lowest BCUT2D eigenvalue weighted by molar-refractivity contribution is 0.0581. The molecule has 1 aromatic carbocycles. The number of nitrogens with one attached hydrogen (secondary N) is 1. The normalized spacial score (nSPS) is 15.4. The van der Waals surface area contributed by atoms with Gasteiger partial charge in [0.1, 0.15) is 11.4 Å². The molecule has 0 spiro atoms. The Morgan fingerprint density at radius 3 is 2.71 bits per heavy atom. The molecular weight excluding hydrogens is 282 g/mol. The van der Waals surface area contributed by atoms with Crippen LogP contribution in [-0.2, 0) is 12.0 Å². The van der Waals surface area contributed by atoms with Crippen LogP contribution in [0.4, 0.5) is 0 Å². The Morgan fingerprint density at radius 1 is 1.29 bits per heavy atom. The molecule has 4 heteroatoms. The van der Waals surface area contributed by atoms with Gasteiger partial charge in [0.05, 0.1) is 7.11 Å². The van der Waals surface area contributed by atoms with E-state index in [1.165, 1.54) is 5.56 Å². The van der Waals surface area contributed by atoms with Crippen molar-refractivity contribution in [2.24, 2.45) is 0 Å². The molecule has 0 amide bonds. The monoisotopic (exact) mass is 305 g/mol. The maximum absolute atomic E-state index is 10.5. The molecule has 0 radical (unpaired) electrons. The summed E-state index contributed by atoms with van der Waals surface area (Å²) in [5, 5.41) is 15.9. The number of para-hydroxylation sites is 1. The lowest BCUT2D eigenvalue weighted by Crippen LogP contribution is -2.40. The molecule has 3 nitrogen and oxygen atoms in total. The number of benzene rings is 1. The van der Waals surface area contributed by atoms with E-state index in [2.05, 4.69) is 18.3 Å². The van der Waals surface area contributed by atoms with Gasteiger partial charge in [-0.2, -0.15) is 0 Å². The Balaban J connectivity index is 1.92. The average Bonchev–Trinajstić information content (AvgIpc) is 3.01. The maximum Gasteiger partial charge on any atom is 0.122 e. The molecule has 1 aromatic heterocycles. The van der Waals surface area contributed by atoms with E-state index in [1.807, 2.05) is 42.6 Å². The minimum absolute atomic E-state index is 0.257. The Kier molecular flexibility index (Phi) is 5.39. The standard InChI is InChI=1S/C17H23NO2S/c1-13(11-14-7-4-5-8-15(14)20-3)18-12-17(2,19)16-9-6-10-21-16/h4-10,13,18-19H,11-12H2,1-3H3/t13-,17+/m1/s1. The summed E-state index contributed by atoms with van der Waals surface area (Å²) in [6.07, 6.45) is 0.866. The Labute approximate surface area is 130 Å². The van der Waals surface area contributed by atoms with E-state index in [9.17, 15) is 5.11 Å². The lowest BCUT2D eigenvalue weighted by atomic mass is 10.0. The Bertz CT molecular complexity index is 552. The Morgan fingerprint density at radius 2 is 2.05 bits per heavy atom. The molecule has 0 unspecified atom stereocenters. The molecule has 114 valence electrons. The summed E-state index contributed by atoms with van der Waals surface area (Å²) in [5.41, 5.74) is 0.346. The Hall–Kier alpha value is -1.36. The summed E-state index contributed by atoms with van der Waals surface area (Å²) < 4.78 is 5.38. The molecule has 0 bridgehead atoms. The van der Waals surface area contributed by atoms with Crippen molar-refractivity contribution >= 4 is 11.3 Å². The van der Waals surface area contributed by atoms with Gasteiger partial charge in [0.15, 0.2) is 0 Å². The third-order valence-corrected chi connectivity index (χ3v) is 4.69. The van der Waals surface area contributed by atoms with Gasteiger partial charge in [0, 0.05) is 17.5 Å². The second kappa shape index (κ2) is 7.07. The SMILES string of the molecule is COc1ccccc1C[C@@H](C)NC[C@](C)(O)c1cccs1. The second-order valence-corrected chi connectivity index (χ2v) is 6.50. The molecule has 0 saturated heterocycles. The molecule has 0 saturated carbocycles. The van der Waals surface area contributed by atoms with Crippen LogP contribution in [0.1, 0.15) is 24.3 Å². The number of hydrogen-bond acceptors (Lipinski definition) is 4. The average molecular weight is 305 g/mol. The van der Waals surface area contributed by atoms with Gasteiger partial charge in [-0.25, -0.2) is 0 Å². The summed E-state index contributed by atoms with van der Waals surface area (Å²) >= 11 is 1.58. The van der Waals surface area contributed by atoms with E-state index in [1.54, 1.807) is 18.4 Å². The fraction of sp³-hybridized carbons (Fsp3) is 0.412. The maximum atomic E-state index is 10.5. The van der Waals surface area contributed by atoms with Crippen molar-refractivity contribution in [2.45, 2.75) is 31.9 Å². The van der Waals surface area contributed by atoms with Crippen LogP contribution in [0.2, 0.25) is 0 Å². The summed E-state index contributed by atoms with van der Waals surface area (Å²) in [6.45, 7) is 4.50. The highest BCUT2D eigenvalue weighted by Crippen LogP contribution is 2.25. The molecule has 0 fully saturated rings. The first-order chi connectivity index (χ1) is 10.0. The fourth-order valence-electron chi connectivity index (χ4n) is 2.32. The third kappa shape index (κ3) is 4.30. The molecular formula is C17H23NO2S. The molecule has 2 aromatic rings. The zero-order valence-electron chi connectivity index (χ0n) is 12.8. The van der Waals surface area contributed by atoms with Gasteiger partial charge >= 0.3 is 0 Å². The van der Waals surface area contributed by atoms with Crippen LogP contribution in [0, 0.1) is 0 Å².